The molecule has 0 saturated carbocycles. The highest BCUT2D eigenvalue weighted by Crippen LogP contribution is 2.36. The molecule has 0 unspecified atom stereocenters. The SMILES string of the molecule is CCNc1cc(Cl)c2nonc2c1[N+](=O)[O-]. The summed E-state index contributed by atoms with van der Waals surface area (Å²) in [6.07, 6.45) is 0. The number of hydrogen-bond acceptors (Lipinski definition) is 6. The van der Waals surface area contributed by atoms with Crippen molar-refractivity contribution in [2.75, 3.05) is 11.9 Å². The van der Waals surface area contributed by atoms with Gasteiger partial charge in [0.25, 0.3) is 0 Å². The summed E-state index contributed by atoms with van der Waals surface area (Å²) in [5.41, 5.74) is 0.367. The van der Waals surface area contributed by atoms with E-state index in [0.29, 0.717) is 12.2 Å². The lowest BCUT2D eigenvalue weighted by Crippen LogP contribution is -2.02. The number of fused-ring (bicyclic) bond motifs is 1. The van der Waals surface area contributed by atoms with Crippen LogP contribution in [-0.2, 0) is 0 Å². The number of nitrogens with zero attached hydrogens (tertiary/aromatic N) is 3. The molecule has 16 heavy (non-hydrogen) atoms. The van der Waals surface area contributed by atoms with E-state index in [0.717, 1.165) is 0 Å². The summed E-state index contributed by atoms with van der Waals surface area (Å²) in [7, 11) is 0. The first-order valence-corrected chi connectivity index (χ1v) is 4.86. The summed E-state index contributed by atoms with van der Waals surface area (Å²) < 4.78 is 4.45. The van der Waals surface area contributed by atoms with Gasteiger partial charge in [0.2, 0.25) is 5.52 Å². The van der Waals surface area contributed by atoms with E-state index < -0.39 is 4.92 Å². The molecule has 1 aromatic heterocycles. The number of benzene rings is 1. The molecule has 2 aromatic rings. The Labute approximate surface area is 94.5 Å². The van der Waals surface area contributed by atoms with E-state index in [-0.39, 0.29) is 21.7 Å². The fourth-order valence-corrected chi connectivity index (χ4v) is 1.63. The number of halogens is 1. The van der Waals surface area contributed by atoms with Gasteiger partial charge in [-0.15, -0.1) is 0 Å². The van der Waals surface area contributed by atoms with Gasteiger partial charge >= 0.3 is 5.69 Å². The van der Waals surface area contributed by atoms with Gasteiger partial charge in [-0.1, -0.05) is 11.6 Å². The van der Waals surface area contributed by atoms with Crippen LogP contribution in [0.3, 0.4) is 0 Å². The molecule has 0 amide bonds. The van der Waals surface area contributed by atoms with Crippen molar-refractivity contribution in [1.82, 2.24) is 10.3 Å². The fraction of sp³-hybridized carbons (Fsp3) is 0.250. The van der Waals surface area contributed by atoms with Gasteiger partial charge in [0.05, 0.1) is 9.95 Å². The minimum Gasteiger partial charge on any atom is -0.380 e. The van der Waals surface area contributed by atoms with Crippen LogP contribution in [0.15, 0.2) is 10.7 Å². The maximum Gasteiger partial charge on any atom is 0.323 e. The predicted molar refractivity (Wildman–Crippen MR) is 57.6 cm³/mol. The topological polar surface area (TPSA) is 94.1 Å². The van der Waals surface area contributed by atoms with Crippen molar-refractivity contribution in [3.63, 3.8) is 0 Å². The van der Waals surface area contributed by atoms with Gasteiger partial charge in [0.1, 0.15) is 5.69 Å². The Morgan fingerprint density at radius 1 is 1.56 bits per heavy atom. The van der Waals surface area contributed by atoms with Crippen LogP contribution >= 0.6 is 11.6 Å². The molecule has 0 radical (unpaired) electrons. The zero-order chi connectivity index (χ0) is 11.7. The van der Waals surface area contributed by atoms with E-state index in [4.69, 9.17) is 11.6 Å². The molecular formula is C8H7ClN4O3. The van der Waals surface area contributed by atoms with Crippen LogP contribution in [-0.4, -0.2) is 21.8 Å². The number of rotatable bonds is 3. The summed E-state index contributed by atoms with van der Waals surface area (Å²) in [6.45, 7) is 2.36. The van der Waals surface area contributed by atoms with Gasteiger partial charge in [-0.25, -0.2) is 4.63 Å². The van der Waals surface area contributed by atoms with E-state index in [1.165, 1.54) is 6.07 Å². The van der Waals surface area contributed by atoms with E-state index >= 15 is 0 Å². The number of hydrogen-bond donors (Lipinski definition) is 1. The Balaban J connectivity index is 2.78. The van der Waals surface area contributed by atoms with E-state index in [2.05, 4.69) is 20.3 Å². The van der Waals surface area contributed by atoms with Gasteiger partial charge < -0.3 is 5.32 Å². The minimum atomic E-state index is -0.541. The Morgan fingerprint density at radius 3 is 2.88 bits per heavy atom. The molecule has 84 valence electrons. The van der Waals surface area contributed by atoms with Crippen molar-refractivity contribution < 1.29 is 9.55 Å². The maximum absolute atomic E-state index is 10.9. The molecule has 8 heteroatoms. The smallest absolute Gasteiger partial charge is 0.323 e. The quantitative estimate of drug-likeness (QED) is 0.655. The second-order valence-electron chi connectivity index (χ2n) is 3.00. The Morgan fingerprint density at radius 2 is 2.25 bits per heavy atom. The lowest BCUT2D eigenvalue weighted by atomic mass is 10.2. The first kappa shape index (κ1) is 10.6. The molecule has 0 aliphatic heterocycles. The number of nitrogens with one attached hydrogen (secondary N) is 1. The van der Waals surface area contributed by atoms with Crippen molar-refractivity contribution in [2.45, 2.75) is 6.92 Å². The van der Waals surface area contributed by atoms with Crippen LogP contribution in [0.4, 0.5) is 11.4 Å². The van der Waals surface area contributed by atoms with Gasteiger partial charge in [-0.3, -0.25) is 10.1 Å². The molecule has 0 fully saturated rings. The lowest BCUT2D eigenvalue weighted by molar-refractivity contribution is -0.382. The lowest BCUT2D eigenvalue weighted by Gasteiger charge is -2.04. The maximum atomic E-state index is 10.9. The second kappa shape index (κ2) is 3.93. The van der Waals surface area contributed by atoms with Crippen LogP contribution in [0.5, 0.6) is 0 Å². The molecule has 0 aliphatic carbocycles. The zero-order valence-corrected chi connectivity index (χ0v) is 8.98. The number of aromatic nitrogens is 2. The minimum absolute atomic E-state index is 0.0495. The molecule has 1 heterocycles. The second-order valence-corrected chi connectivity index (χ2v) is 3.41. The summed E-state index contributed by atoms with van der Waals surface area (Å²) in [5.74, 6) is 0. The van der Waals surface area contributed by atoms with E-state index in [1.807, 2.05) is 6.92 Å². The molecular weight excluding hydrogens is 236 g/mol. The average molecular weight is 243 g/mol. The van der Waals surface area contributed by atoms with Crippen molar-refractivity contribution in [1.29, 1.82) is 0 Å². The third-order valence-corrected chi connectivity index (χ3v) is 2.30. The number of anilines is 1. The molecule has 2 rings (SSSR count). The first-order valence-electron chi connectivity index (χ1n) is 4.48. The fourth-order valence-electron chi connectivity index (χ4n) is 1.40. The highest BCUT2D eigenvalue weighted by molar-refractivity contribution is 6.35. The van der Waals surface area contributed by atoms with Crippen molar-refractivity contribution in [3.8, 4) is 0 Å². The Bertz CT molecular complexity index is 553. The molecule has 1 aromatic carbocycles. The monoisotopic (exact) mass is 242 g/mol. The number of nitro groups is 1. The highest BCUT2D eigenvalue weighted by Gasteiger charge is 2.24. The molecule has 0 atom stereocenters. The van der Waals surface area contributed by atoms with Gasteiger partial charge in [-0.05, 0) is 23.3 Å². The summed E-state index contributed by atoms with van der Waals surface area (Å²) in [5, 5.41) is 21.0. The van der Waals surface area contributed by atoms with Crippen LogP contribution in [0.25, 0.3) is 11.0 Å². The van der Waals surface area contributed by atoms with E-state index in [1.54, 1.807) is 0 Å². The zero-order valence-electron chi connectivity index (χ0n) is 8.23. The largest absolute Gasteiger partial charge is 0.380 e. The van der Waals surface area contributed by atoms with Crippen LogP contribution < -0.4 is 5.32 Å². The molecule has 0 bridgehead atoms. The number of nitro benzene ring substituents is 1. The van der Waals surface area contributed by atoms with Crippen LogP contribution in [0, 0.1) is 10.1 Å². The standard InChI is InChI=1S/C8H7ClN4O3/c1-2-10-5-3-4(9)6-7(12-16-11-6)8(5)13(14)15/h3,10H,2H2,1H3. The van der Waals surface area contributed by atoms with Crippen molar-refractivity contribution >= 4 is 34.0 Å². The molecule has 7 nitrogen and oxygen atoms in total. The summed E-state index contributed by atoms with van der Waals surface area (Å²) in [6, 6.07) is 1.44. The predicted octanol–water partition coefficient (Wildman–Crippen LogP) is 2.22. The van der Waals surface area contributed by atoms with E-state index in [9.17, 15) is 10.1 Å². The van der Waals surface area contributed by atoms with Crippen LogP contribution in [0.1, 0.15) is 6.92 Å². The summed E-state index contributed by atoms with van der Waals surface area (Å²) in [4.78, 5) is 10.4. The Hall–Kier alpha value is -1.89. The highest BCUT2D eigenvalue weighted by atomic mass is 35.5. The molecule has 0 saturated heterocycles. The van der Waals surface area contributed by atoms with Crippen molar-refractivity contribution in [3.05, 3.63) is 21.2 Å². The summed E-state index contributed by atoms with van der Waals surface area (Å²) >= 11 is 5.89. The average Bonchev–Trinajstić information content (AvgIpc) is 2.66. The molecule has 1 N–H and O–H groups in total. The van der Waals surface area contributed by atoms with Gasteiger partial charge in [-0.2, -0.15) is 0 Å². The Kier molecular flexibility index (Phi) is 2.61. The van der Waals surface area contributed by atoms with Gasteiger partial charge in [0, 0.05) is 6.54 Å². The molecule has 0 spiro atoms. The molecule has 0 aliphatic rings. The first-order chi connectivity index (χ1) is 7.65. The van der Waals surface area contributed by atoms with Gasteiger partial charge in [0.15, 0.2) is 5.52 Å². The normalized spacial score (nSPS) is 10.6. The third-order valence-electron chi connectivity index (χ3n) is 2.02. The van der Waals surface area contributed by atoms with Crippen molar-refractivity contribution in [2.24, 2.45) is 0 Å². The third kappa shape index (κ3) is 1.54. The van der Waals surface area contributed by atoms with Crippen LogP contribution in [0.2, 0.25) is 5.02 Å².